The number of halogens is 1. The third-order valence-corrected chi connectivity index (χ3v) is 3.67. The number of aromatic nitrogens is 1. The summed E-state index contributed by atoms with van der Waals surface area (Å²) in [4.78, 5) is 19.0. The van der Waals surface area contributed by atoms with Crippen molar-refractivity contribution in [2.45, 2.75) is 6.17 Å². The number of nitrogens with zero attached hydrogens (tertiary/aromatic N) is 3. The van der Waals surface area contributed by atoms with Crippen LogP contribution in [0.2, 0.25) is 0 Å². The third kappa shape index (κ3) is 2.11. The fourth-order valence-electron chi connectivity index (χ4n) is 2.50. The zero-order chi connectivity index (χ0) is 15.9. The van der Waals surface area contributed by atoms with E-state index in [-0.39, 0.29) is 5.69 Å². The Balaban J connectivity index is 2.00. The van der Waals surface area contributed by atoms with Crippen molar-refractivity contribution in [2.24, 2.45) is 0 Å². The van der Waals surface area contributed by atoms with E-state index in [1.54, 1.807) is 42.2 Å². The Bertz CT molecular complexity index is 737. The minimum absolute atomic E-state index is 0.0603. The molecular formula is C15H15FN4O2. The van der Waals surface area contributed by atoms with Gasteiger partial charge in [0.1, 0.15) is 17.3 Å². The second-order valence-electron chi connectivity index (χ2n) is 5.04. The number of benzene rings is 1. The Kier molecular flexibility index (Phi) is 3.32. The van der Waals surface area contributed by atoms with Crippen molar-refractivity contribution < 1.29 is 13.9 Å². The van der Waals surface area contributed by atoms with E-state index in [0.29, 0.717) is 23.0 Å². The zero-order valence-electron chi connectivity index (χ0n) is 12.2. The molecule has 6 nitrogen and oxygen atoms in total. The van der Waals surface area contributed by atoms with E-state index in [1.807, 2.05) is 0 Å². The lowest BCUT2D eigenvalue weighted by Crippen LogP contribution is -2.40. The van der Waals surface area contributed by atoms with Crippen LogP contribution >= 0.6 is 0 Å². The van der Waals surface area contributed by atoms with Crippen LogP contribution in [0.15, 0.2) is 30.5 Å². The molecular weight excluding hydrogens is 287 g/mol. The number of carbonyl (C=O) groups excluding carboxylic acids is 1. The Hall–Kier alpha value is -2.83. The first-order valence-corrected chi connectivity index (χ1v) is 6.65. The van der Waals surface area contributed by atoms with Crippen LogP contribution in [0, 0.1) is 5.82 Å². The normalized spacial score (nSPS) is 16.6. The van der Waals surface area contributed by atoms with Crippen LogP contribution in [0.5, 0.6) is 11.5 Å². The van der Waals surface area contributed by atoms with Crippen molar-refractivity contribution in [3.63, 3.8) is 0 Å². The molecule has 0 bridgehead atoms. The third-order valence-electron chi connectivity index (χ3n) is 3.67. The molecule has 1 aromatic heterocycles. The number of fused-ring (bicyclic) bond motifs is 1. The molecule has 22 heavy (non-hydrogen) atoms. The van der Waals surface area contributed by atoms with Gasteiger partial charge in [-0.1, -0.05) is 0 Å². The number of rotatable bonds is 3. The predicted octanol–water partition coefficient (Wildman–Crippen LogP) is 2.01. The highest BCUT2D eigenvalue weighted by Gasteiger charge is 2.34. The lowest BCUT2D eigenvalue weighted by Gasteiger charge is -2.21. The first-order valence-electron chi connectivity index (χ1n) is 6.65. The van der Waals surface area contributed by atoms with Crippen LogP contribution in [0.1, 0.15) is 0 Å². The summed E-state index contributed by atoms with van der Waals surface area (Å²) in [6.45, 7) is 0. The Labute approximate surface area is 126 Å². The lowest BCUT2D eigenvalue weighted by atomic mass is 10.3. The van der Waals surface area contributed by atoms with Gasteiger partial charge < -0.3 is 20.3 Å². The molecule has 7 heteroatoms. The summed E-state index contributed by atoms with van der Waals surface area (Å²) in [5, 5.41) is 0. The Morgan fingerprint density at radius 3 is 2.77 bits per heavy atom. The molecule has 0 saturated carbocycles. The molecule has 1 aliphatic rings. The van der Waals surface area contributed by atoms with Gasteiger partial charge in [-0.25, -0.2) is 9.37 Å². The van der Waals surface area contributed by atoms with Gasteiger partial charge in [0.25, 0.3) is 0 Å². The number of ether oxygens (including phenoxy) is 1. The number of aldehydes is 1. The maximum absolute atomic E-state index is 13.5. The van der Waals surface area contributed by atoms with E-state index in [0.717, 1.165) is 6.29 Å². The standard InChI is InChI=1S/C15H15FN4O2/c1-19-13(8-21)20(2)15-14(19)12(5-6-18-15)22-9-3-4-11(17)10(16)7-9/h3-8,13H,17H2,1-2H3. The van der Waals surface area contributed by atoms with Crippen molar-refractivity contribution in [2.75, 3.05) is 29.6 Å². The zero-order valence-corrected chi connectivity index (χ0v) is 12.2. The molecule has 3 rings (SSSR count). The molecule has 2 aromatic rings. The van der Waals surface area contributed by atoms with Crippen molar-refractivity contribution in [1.82, 2.24) is 4.98 Å². The van der Waals surface area contributed by atoms with E-state index in [4.69, 9.17) is 10.5 Å². The van der Waals surface area contributed by atoms with Gasteiger partial charge in [0.05, 0.1) is 5.69 Å². The summed E-state index contributed by atoms with van der Waals surface area (Å²) in [5.41, 5.74) is 6.19. The van der Waals surface area contributed by atoms with Crippen LogP contribution in [0.25, 0.3) is 0 Å². The molecule has 0 aliphatic carbocycles. The van der Waals surface area contributed by atoms with Gasteiger partial charge in [-0.15, -0.1) is 0 Å². The minimum atomic E-state index is -0.542. The fraction of sp³-hybridized carbons (Fsp3) is 0.200. The highest BCUT2D eigenvalue weighted by atomic mass is 19.1. The molecule has 2 N–H and O–H groups in total. The average molecular weight is 302 g/mol. The predicted molar refractivity (Wildman–Crippen MR) is 81.8 cm³/mol. The summed E-state index contributed by atoms with van der Waals surface area (Å²) in [5.74, 6) is 0.908. The second-order valence-corrected chi connectivity index (χ2v) is 5.04. The summed E-state index contributed by atoms with van der Waals surface area (Å²) in [7, 11) is 3.56. The molecule has 1 atom stereocenters. The second kappa shape index (κ2) is 5.18. The number of pyridine rings is 1. The van der Waals surface area contributed by atoms with Gasteiger partial charge in [0, 0.05) is 32.4 Å². The van der Waals surface area contributed by atoms with Crippen LogP contribution in [-0.2, 0) is 4.79 Å². The number of hydrogen-bond acceptors (Lipinski definition) is 6. The van der Waals surface area contributed by atoms with Gasteiger partial charge in [-0.05, 0) is 12.1 Å². The molecule has 0 saturated heterocycles. The molecule has 1 aromatic carbocycles. The SMILES string of the molecule is CN1c2nccc(Oc3ccc(N)c(F)c3)c2N(C)C1C=O. The number of nitrogens with two attached hydrogens (primary N) is 1. The highest BCUT2D eigenvalue weighted by Crippen LogP contribution is 2.43. The van der Waals surface area contributed by atoms with Crippen LogP contribution in [0.3, 0.4) is 0 Å². The first-order chi connectivity index (χ1) is 10.5. The van der Waals surface area contributed by atoms with Crippen LogP contribution in [-0.4, -0.2) is 31.5 Å². The molecule has 114 valence electrons. The maximum Gasteiger partial charge on any atom is 0.163 e. The molecule has 2 heterocycles. The van der Waals surface area contributed by atoms with Crippen LogP contribution in [0.4, 0.5) is 21.6 Å². The van der Waals surface area contributed by atoms with E-state index in [2.05, 4.69) is 4.98 Å². The quantitative estimate of drug-likeness (QED) is 0.691. The molecule has 0 amide bonds. The number of carbonyl (C=O) groups is 1. The minimum Gasteiger partial charge on any atom is -0.455 e. The average Bonchev–Trinajstić information content (AvgIpc) is 2.75. The monoisotopic (exact) mass is 302 g/mol. The maximum atomic E-state index is 13.5. The molecule has 1 aliphatic heterocycles. The van der Waals surface area contributed by atoms with E-state index < -0.39 is 12.0 Å². The molecule has 0 radical (unpaired) electrons. The number of nitrogen functional groups attached to an aromatic ring is 1. The number of anilines is 3. The topological polar surface area (TPSA) is 71.7 Å². The smallest absolute Gasteiger partial charge is 0.163 e. The lowest BCUT2D eigenvalue weighted by molar-refractivity contribution is -0.108. The summed E-state index contributed by atoms with van der Waals surface area (Å²) in [6.07, 6.45) is 1.96. The van der Waals surface area contributed by atoms with Crippen molar-refractivity contribution in [1.29, 1.82) is 0 Å². The van der Waals surface area contributed by atoms with Crippen LogP contribution < -0.4 is 20.3 Å². The van der Waals surface area contributed by atoms with Crippen molar-refractivity contribution >= 4 is 23.5 Å². The van der Waals surface area contributed by atoms with E-state index >= 15 is 0 Å². The summed E-state index contributed by atoms with van der Waals surface area (Å²) in [6, 6.07) is 5.92. The Morgan fingerprint density at radius 1 is 1.32 bits per heavy atom. The van der Waals surface area contributed by atoms with Gasteiger partial charge in [0.2, 0.25) is 0 Å². The number of hydrogen-bond donors (Lipinski definition) is 1. The summed E-state index contributed by atoms with van der Waals surface area (Å²) < 4.78 is 19.3. The van der Waals surface area contributed by atoms with Crippen molar-refractivity contribution in [3.05, 3.63) is 36.3 Å². The molecule has 0 spiro atoms. The molecule has 1 unspecified atom stereocenters. The Morgan fingerprint density at radius 2 is 2.09 bits per heavy atom. The van der Waals surface area contributed by atoms with Gasteiger partial charge >= 0.3 is 0 Å². The highest BCUT2D eigenvalue weighted by molar-refractivity contribution is 5.86. The van der Waals surface area contributed by atoms with Crippen molar-refractivity contribution in [3.8, 4) is 11.5 Å². The van der Waals surface area contributed by atoms with Gasteiger partial charge in [-0.3, -0.25) is 4.79 Å². The number of likely N-dealkylation sites (N-methyl/N-ethyl adjacent to an activating group) is 2. The largest absolute Gasteiger partial charge is 0.455 e. The fourth-order valence-corrected chi connectivity index (χ4v) is 2.50. The first kappa shape index (κ1) is 14.1. The van der Waals surface area contributed by atoms with Gasteiger partial charge in [0.15, 0.2) is 24.0 Å². The molecule has 0 fully saturated rings. The summed E-state index contributed by atoms with van der Waals surface area (Å²) >= 11 is 0. The van der Waals surface area contributed by atoms with E-state index in [9.17, 15) is 9.18 Å². The van der Waals surface area contributed by atoms with E-state index in [1.165, 1.54) is 12.1 Å². The van der Waals surface area contributed by atoms with Gasteiger partial charge in [-0.2, -0.15) is 0 Å².